The molecule has 0 radical (unpaired) electrons. The Morgan fingerprint density at radius 1 is 1.43 bits per heavy atom. The van der Waals surface area contributed by atoms with Gasteiger partial charge in [-0.15, -0.1) is 0 Å². The fourth-order valence-corrected chi connectivity index (χ4v) is 4.11. The number of hydrogen-bond acceptors (Lipinski definition) is 6. The first-order valence-corrected chi connectivity index (χ1v) is 7.94. The van der Waals surface area contributed by atoms with Gasteiger partial charge in [0.1, 0.15) is 0 Å². The molecule has 0 N–H and O–H groups in total. The van der Waals surface area contributed by atoms with Crippen molar-refractivity contribution in [3.8, 4) is 0 Å². The molecule has 3 rings (SSSR count). The van der Waals surface area contributed by atoms with Crippen LogP contribution in [0.15, 0.2) is 39.4 Å². The number of carbonyl (C=O) groups is 1. The second-order valence-corrected chi connectivity index (χ2v) is 6.67. The molecular formula is C14H16N2O4S. The minimum atomic E-state index is -1.66. The third kappa shape index (κ3) is 2.11. The molecule has 0 aromatic heterocycles. The second-order valence-electron chi connectivity index (χ2n) is 5.04. The van der Waals surface area contributed by atoms with Gasteiger partial charge in [-0.25, -0.2) is 4.79 Å². The van der Waals surface area contributed by atoms with Gasteiger partial charge in [0.25, 0.3) is 4.87 Å². The Bertz CT molecular complexity index is 616. The van der Waals surface area contributed by atoms with E-state index in [4.69, 9.17) is 9.47 Å². The lowest BCUT2D eigenvalue weighted by Gasteiger charge is -2.20. The Labute approximate surface area is 125 Å². The SMILES string of the molecule is CCO[C@@H]1OC(=O)[C@@]2(S(=O)c3ccc(C)cc3)N=NC[C@@H]12. The van der Waals surface area contributed by atoms with Crippen molar-refractivity contribution in [1.29, 1.82) is 0 Å². The van der Waals surface area contributed by atoms with Gasteiger partial charge in [0.2, 0.25) is 6.29 Å². The average Bonchev–Trinajstić information content (AvgIpc) is 3.01. The van der Waals surface area contributed by atoms with Crippen LogP contribution in [-0.2, 0) is 25.1 Å². The number of azo groups is 1. The molecule has 1 saturated heterocycles. The molecule has 2 heterocycles. The quantitative estimate of drug-likeness (QED) is 0.795. The number of benzene rings is 1. The molecule has 1 fully saturated rings. The zero-order chi connectivity index (χ0) is 15.0. The number of fused-ring (bicyclic) bond motifs is 1. The highest BCUT2D eigenvalue weighted by atomic mass is 32.2. The predicted molar refractivity (Wildman–Crippen MR) is 75.0 cm³/mol. The highest BCUT2D eigenvalue weighted by Gasteiger charge is 2.65. The standard InChI is InChI=1S/C14H16N2O4S/c1-3-19-12-11-8-15-16-14(11,13(17)20-12)21(18)10-6-4-9(2)5-7-10/h4-7,11-12H,3,8H2,1-2H3/t11-,12+,14+,21?/m0/s1. The number of esters is 1. The number of carbonyl (C=O) groups excluding carboxylic acids is 1. The van der Waals surface area contributed by atoms with Gasteiger partial charge in [-0.3, -0.25) is 4.21 Å². The largest absolute Gasteiger partial charge is 0.433 e. The fraction of sp³-hybridized carbons (Fsp3) is 0.500. The molecule has 0 spiro atoms. The van der Waals surface area contributed by atoms with E-state index in [-0.39, 0.29) is 6.54 Å². The van der Waals surface area contributed by atoms with Gasteiger partial charge in [0.05, 0.1) is 23.3 Å². The lowest BCUT2D eigenvalue weighted by atomic mass is 10.0. The zero-order valence-corrected chi connectivity index (χ0v) is 12.6. The van der Waals surface area contributed by atoms with Crippen LogP contribution in [0.2, 0.25) is 0 Å². The van der Waals surface area contributed by atoms with Gasteiger partial charge < -0.3 is 9.47 Å². The maximum atomic E-state index is 12.9. The number of nitrogens with zero attached hydrogens (tertiary/aromatic N) is 2. The van der Waals surface area contributed by atoms with Gasteiger partial charge in [-0.1, -0.05) is 17.7 Å². The summed E-state index contributed by atoms with van der Waals surface area (Å²) in [6.07, 6.45) is -0.730. The molecule has 1 aromatic rings. The molecule has 0 saturated carbocycles. The van der Waals surface area contributed by atoms with E-state index in [0.29, 0.717) is 11.5 Å². The first-order chi connectivity index (χ1) is 10.1. The Hall–Kier alpha value is -1.60. The lowest BCUT2D eigenvalue weighted by Crippen LogP contribution is -2.43. The summed E-state index contributed by atoms with van der Waals surface area (Å²) >= 11 is 0. The van der Waals surface area contributed by atoms with Crippen LogP contribution in [0.4, 0.5) is 0 Å². The van der Waals surface area contributed by atoms with Crippen LogP contribution in [0, 0.1) is 12.8 Å². The van der Waals surface area contributed by atoms with E-state index >= 15 is 0 Å². The Morgan fingerprint density at radius 3 is 2.81 bits per heavy atom. The van der Waals surface area contributed by atoms with Gasteiger partial charge in [0.15, 0.2) is 0 Å². The van der Waals surface area contributed by atoms with Crippen molar-refractivity contribution in [2.45, 2.75) is 29.9 Å². The maximum absolute atomic E-state index is 12.9. The van der Waals surface area contributed by atoms with Crippen molar-refractivity contribution in [1.82, 2.24) is 0 Å². The Kier molecular flexibility index (Phi) is 3.62. The average molecular weight is 308 g/mol. The minimum absolute atomic E-state index is 0.286. The third-order valence-corrected chi connectivity index (χ3v) is 5.51. The monoisotopic (exact) mass is 308 g/mol. The highest BCUT2D eigenvalue weighted by Crippen LogP contribution is 2.45. The number of rotatable bonds is 4. The first-order valence-electron chi connectivity index (χ1n) is 6.79. The van der Waals surface area contributed by atoms with E-state index in [9.17, 15) is 9.00 Å². The van der Waals surface area contributed by atoms with E-state index in [0.717, 1.165) is 5.56 Å². The normalized spacial score (nSPS) is 32.0. The molecule has 21 heavy (non-hydrogen) atoms. The Balaban J connectivity index is 1.98. The molecule has 7 heteroatoms. The van der Waals surface area contributed by atoms with Crippen molar-refractivity contribution in [2.24, 2.45) is 16.1 Å². The molecule has 2 aliphatic rings. The number of aryl methyl sites for hydroxylation is 1. The van der Waals surface area contributed by atoms with E-state index in [1.54, 1.807) is 12.1 Å². The summed E-state index contributed by atoms with van der Waals surface area (Å²) in [5.41, 5.74) is 1.05. The predicted octanol–water partition coefficient (Wildman–Crippen LogP) is 1.80. The number of ether oxygens (including phenoxy) is 2. The molecule has 112 valence electrons. The first kappa shape index (κ1) is 14.3. The summed E-state index contributed by atoms with van der Waals surface area (Å²) in [7, 11) is -1.66. The van der Waals surface area contributed by atoms with Gasteiger partial charge >= 0.3 is 5.97 Å². The molecule has 0 bridgehead atoms. The summed E-state index contributed by atoms with van der Waals surface area (Å²) in [6.45, 7) is 4.45. The van der Waals surface area contributed by atoms with Crippen LogP contribution >= 0.6 is 0 Å². The molecule has 0 amide bonds. The molecule has 6 nitrogen and oxygen atoms in total. The van der Waals surface area contributed by atoms with Crippen LogP contribution in [-0.4, -0.2) is 34.5 Å². The Morgan fingerprint density at radius 2 is 2.14 bits per heavy atom. The van der Waals surface area contributed by atoms with Crippen molar-refractivity contribution < 1.29 is 18.5 Å². The highest BCUT2D eigenvalue weighted by molar-refractivity contribution is 7.87. The summed E-state index contributed by atoms with van der Waals surface area (Å²) in [4.78, 5) is 11.4. The van der Waals surface area contributed by atoms with Gasteiger partial charge in [-0.2, -0.15) is 10.2 Å². The molecule has 0 aliphatic carbocycles. The van der Waals surface area contributed by atoms with Crippen LogP contribution in [0.1, 0.15) is 12.5 Å². The molecule has 2 aliphatic heterocycles. The van der Waals surface area contributed by atoms with Crippen molar-refractivity contribution in [3.05, 3.63) is 29.8 Å². The summed E-state index contributed by atoms with van der Waals surface area (Å²) in [6, 6.07) is 7.19. The van der Waals surface area contributed by atoms with Crippen LogP contribution < -0.4 is 0 Å². The van der Waals surface area contributed by atoms with E-state index in [1.165, 1.54) is 0 Å². The zero-order valence-electron chi connectivity index (χ0n) is 11.8. The van der Waals surface area contributed by atoms with E-state index in [1.807, 2.05) is 26.0 Å². The van der Waals surface area contributed by atoms with Gasteiger partial charge in [-0.05, 0) is 26.0 Å². The molecule has 4 atom stereocenters. The third-order valence-electron chi connectivity index (χ3n) is 3.69. The van der Waals surface area contributed by atoms with E-state index < -0.39 is 33.8 Å². The summed E-state index contributed by atoms with van der Waals surface area (Å²) in [5.74, 6) is -1.06. The van der Waals surface area contributed by atoms with Crippen molar-refractivity contribution >= 4 is 16.8 Å². The van der Waals surface area contributed by atoms with Crippen LogP contribution in [0.3, 0.4) is 0 Å². The van der Waals surface area contributed by atoms with Crippen LogP contribution in [0.25, 0.3) is 0 Å². The van der Waals surface area contributed by atoms with E-state index in [2.05, 4.69) is 10.2 Å². The summed E-state index contributed by atoms with van der Waals surface area (Å²) in [5, 5.41) is 7.95. The molecule has 1 aromatic carbocycles. The minimum Gasteiger partial charge on any atom is -0.433 e. The number of cyclic esters (lactones) is 1. The van der Waals surface area contributed by atoms with Crippen molar-refractivity contribution in [3.63, 3.8) is 0 Å². The fourth-order valence-electron chi connectivity index (χ4n) is 2.57. The molecule has 1 unspecified atom stereocenters. The molecular weight excluding hydrogens is 292 g/mol. The van der Waals surface area contributed by atoms with Crippen LogP contribution in [0.5, 0.6) is 0 Å². The smallest absolute Gasteiger partial charge is 0.352 e. The summed E-state index contributed by atoms with van der Waals surface area (Å²) < 4.78 is 23.6. The second kappa shape index (κ2) is 5.31. The number of hydrogen-bond donors (Lipinski definition) is 0. The lowest BCUT2D eigenvalue weighted by molar-refractivity contribution is -0.166. The van der Waals surface area contributed by atoms with Crippen molar-refractivity contribution in [2.75, 3.05) is 13.2 Å². The maximum Gasteiger partial charge on any atom is 0.352 e. The van der Waals surface area contributed by atoms with Gasteiger partial charge in [0, 0.05) is 11.5 Å². The topological polar surface area (TPSA) is 77.3 Å².